The standard InChI is InChI=1S/C13H27N3/c1-11(2)12(15)6-8-16(5)9-7-13(3,4)10-14/h11-12H,6-9,15H2,1-5H3. The molecule has 3 nitrogen and oxygen atoms in total. The average Bonchev–Trinajstić information content (AvgIpc) is 2.23. The molecule has 0 aromatic rings. The van der Waals surface area contributed by atoms with Crippen molar-refractivity contribution in [2.24, 2.45) is 17.1 Å². The second-order valence-corrected chi connectivity index (χ2v) is 5.75. The lowest BCUT2D eigenvalue weighted by molar-refractivity contribution is 0.268. The summed E-state index contributed by atoms with van der Waals surface area (Å²) in [7, 11) is 2.10. The highest BCUT2D eigenvalue weighted by Crippen LogP contribution is 2.18. The van der Waals surface area contributed by atoms with Gasteiger partial charge in [-0.3, -0.25) is 0 Å². The second kappa shape index (κ2) is 6.88. The SMILES string of the molecule is CC(C)C(N)CCN(C)CCC(C)(C)C#N. The first-order chi connectivity index (χ1) is 7.28. The smallest absolute Gasteiger partial charge is 0.0684 e. The summed E-state index contributed by atoms with van der Waals surface area (Å²) in [4.78, 5) is 2.27. The minimum Gasteiger partial charge on any atom is -0.327 e. The minimum atomic E-state index is -0.214. The summed E-state index contributed by atoms with van der Waals surface area (Å²) in [5, 5.41) is 8.91. The second-order valence-electron chi connectivity index (χ2n) is 5.75. The van der Waals surface area contributed by atoms with Gasteiger partial charge in [0.15, 0.2) is 0 Å². The van der Waals surface area contributed by atoms with Crippen LogP contribution in [0.25, 0.3) is 0 Å². The van der Waals surface area contributed by atoms with E-state index < -0.39 is 0 Å². The molecule has 0 aliphatic rings. The Kier molecular flexibility index (Phi) is 6.62. The number of nitriles is 1. The highest BCUT2D eigenvalue weighted by Gasteiger charge is 2.17. The molecule has 94 valence electrons. The van der Waals surface area contributed by atoms with E-state index in [4.69, 9.17) is 11.0 Å². The molecule has 16 heavy (non-hydrogen) atoms. The van der Waals surface area contributed by atoms with Gasteiger partial charge in [0.2, 0.25) is 0 Å². The zero-order valence-electron chi connectivity index (χ0n) is 11.5. The normalized spacial score (nSPS) is 14.2. The third-order valence-corrected chi connectivity index (χ3v) is 3.12. The van der Waals surface area contributed by atoms with Crippen molar-refractivity contribution in [1.82, 2.24) is 4.90 Å². The van der Waals surface area contributed by atoms with E-state index in [1.165, 1.54) is 0 Å². The molecule has 2 N–H and O–H groups in total. The lowest BCUT2D eigenvalue weighted by Gasteiger charge is -2.24. The summed E-state index contributed by atoms with van der Waals surface area (Å²) in [6, 6.07) is 2.61. The molecule has 0 bridgehead atoms. The van der Waals surface area contributed by atoms with E-state index in [0.717, 1.165) is 25.9 Å². The summed E-state index contributed by atoms with van der Waals surface area (Å²) in [6.07, 6.45) is 1.94. The molecule has 0 amide bonds. The highest BCUT2D eigenvalue weighted by molar-refractivity contribution is 4.91. The van der Waals surface area contributed by atoms with Crippen LogP contribution in [-0.2, 0) is 0 Å². The quantitative estimate of drug-likeness (QED) is 0.723. The van der Waals surface area contributed by atoms with Crippen molar-refractivity contribution in [3.8, 4) is 6.07 Å². The van der Waals surface area contributed by atoms with E-state index in [9.17, 15) is 0 Å². The first-order valence-electron chi connectivity index (χ1n) is 6.14. The molecule has 1 unspecified atom stereocenters. The van der Waals surface area contributed by atoms with Crippen LogP contribution >= 0.6 is 0 Å². The molecule has 0 aromatic carbocycles. The molecule has 1 atom stereocenters. The van der Waals surface area contributed by atoms with Gasteiger partial charge in [-0.25, -0.2) is 0 Å². The van der Waals surface area contributed by atoms with Crippen LogP contribution in [0.3, 0.4) is 0 Å². The Morgan fingerprint density at radius 2 is 1.88 bits per heavy atom. The maximum Gasteiger partial charge on any atom is 0.0684 e. The fourth-order valence-corrected chi connectivity index (χ4v) is 1.34. The average molecular weight is 225 g/mol. The van der Waals surface area contributed by atoms with Crippen molar-refractivity contribution in [1.29, 1.82) is 5.26 Å². The topological polar surface area (TPSA) is 53.0 Å². The molecule has 0 heterocycles. The van der Waals surface area contributed by atoms with Crippen molar-refractivity contribution in [2.75, 3.05) is 20.1 Å². The van der Waals surface area contributed by atoms with E-state index >= 15 is 0 Å². The van der Waals surface area contributed by atoms with Crippen LogP contribution in [0.1, 0.15) is 40.5 Å². The van der Waals surface area contributed by atoms with Crippen molar-refractivity contribution < 1.29 is 0 Å². The predicted molar refractivity (Wildman–Crippen MR) is 68.9 cm³/mol. The van der Waals surface area contributed by atoms with Gasteiger partial charge in [0.1, 0.15) is 0 Å². The molecule has 0 aromatic heterocycles. The van der Waals surface area contributed by atoms with Gasteiger partial charge in [0.25, 0.3) is 0 Å². The van der Waals surface area contributed by atoms with Crippen LogP contribution in [0.5, 0.6) is 0 Å². The van der Waals surface area contributed by atoms with E-state index in [2.05, 4.69) is 31.9 Å². The summed E-state index contributed by atoms with van der Waals surface area (Å²) >= 11 is 0. The molecular formula is C13H27N3. The Morgan fingerprint density at radius 3 is 2.31 bits per heavy atom. The summed E-state index contributed by atoms with van der Waals surface area (Å²) in [5.74, 6) is 0.545. The monoisotopic (exact) mass is 225 g/mol. The molecule has 3 heteroatoms. The molecular weight excluding hydrogens is 198 g/mol. The predicted octanol–water partition coefficient (Wildman–Crippen LogP) is 2.23. The number of nitrogens with zero attached hydrogens (tertiary/aromatic N) is 2. The molecule has 0 rings (SSSR count). The number of hydrogen-bond acceptors (Lipinski definition) is 3. The van der Waals surface area contributed by atoms with Crippen LogP contribution in [-0.4, -0.2) is 31.1 Å². The first kappa shape index (κ1) is 15.4. The third kappa shape index (κ3) is 6.81. The van der Waals surface area contributed by atoms with E-state index in [1.807, 2.05) is 13.8 Å². The highest BCUT2D eigenvalue weighted by atomic mass is 15.1. The number of hydrogen-bond donors (Lipinski definition) is 1. The van der Waals surface area contributed by atoms with Gasteiger partial charge in [-0.2, -0.15) is 5.26 Å². The Bertz CT molecular complexity index is 228. The molecule has 0 radical (unpaired) electrons. The van der Waals surface area contributed by atoms with Gasteiger partial charge in [-0.05, 0) is 52.7 Å². The van der Waals surface area contributed by atoms with Crippen molar-refractivity contribution in [3.63, 3.8) is 0 Å². The first-order valence-corrected chi connectivity index (χ1v) is 6.14. The van der Waals surface area contributed by atoms with Crippen LogP contribution in [0.4, 0.5) is 0 Å². The van der Waals surface area contributed by atoms with Gasteiger partial charge in [-0.1, -0.05) is 13.8 Å². The van der Waals surface area contributed by atoms with Gasteiger partial charge in [0, 0.05) is 6.04 Å². The Hall–Kier alpha value is -0.590. The zero-order chi connectivity index (χ0) is 12.8. The van der Waals surface area contributed by atoms with Crippen LogP contribution in [0.15, 0.2) is 0 Å². The maximum atomic E-state index is 8.91. The molecule has 0 saturated carbocycles. The van der Waals surface area contributed by atoms with Gasteiger partial charge in [0.05, 0.1) is 11.5 Å². The molecule has 0 aliphatic carbocycles. The van der Waals surface area contributed by atoms with Crippen LogP contribution in [0, 0.1) is 22.7 Å². The van der Waals surface area contributed by atoms with Gasteiger partial charge in [-0.15, -0.1) is 0 Å². The molecule has 0 fully saturated rings. The van der Waals surface area contributed by atoms with Gasteiger partial charge >= 0.3 is 0 Å². The minimum absolute atomic E-state index is 0.214. The fraction of sp³-hybridized carbons (Fsp3) is 0.923. The Balaban J connectivity index is 3.76. The summed E-state index contributed by atoms with van der Waals surface area (Å²) in [6.45, 7) is 10.3. The zero-order valence-corrected chi connectivity index (χ0v) is 11.5. The Labute approximate surface area is 101 Å². The molecule has 0 spiro atoms. The fourth-order valence-electron chi connectivity index (χ4n) is 1.34. The number of rotatable bonds is 7. The molecule has 0 aliphatic heterocycles. The van der Waals surface area contributed by atoms with Crippen LogP contribution < -0.4 is 5.73 Å². The van der Waals surface area contributed by atoms with Crippen molar-refractivity contribution in [2.45, 2.75) is 46.6 Å². The van der Waals surface area contributed by atoms with Crippen molar-refractivity contribution >= 4 is 0 Å². The largest absolute Gasteiger partial charge is 0.327 e. The lowest BCUT2D eigenvalue weighted by Crippen LogP contribution is -2.33. The number of nitrogens with two attached hydrogens (primary N) is 1. The van der Waals surface area contributed by atoms with E-state index in [-0.39, 0.29) is 11.5 Å². The Morgan fingerprint density at radius 1 is 1.31 bits per heavy atom. The van der Waals surface area contributed by atoms with Crippen molar-refractivity contribution in [3.05, 3.63) is 0 Å². The maximum absolute atomic E-state index is 8.91. The summed E-state index contributed by atoms with van der Waals surface area (Å²) < 4.78 is 0. The van der Waals surface area contributed by atoms with E-state index in [1.54, 1.807) is 0 Å². The molecule has 0 saturated heterocycles. The van der Waals surface area contributed by atoms with E-state index in [0.29, 0.717) is 5.92 Å². The van der Waals surface area contributed by atoms with Gasteiger partial charge < -0.3 is 10.6 Å². The summed E-state index contributed by atoms with van der Waals surface area (Å²) in [5.41, 5.74) is 5.78. The third-order valence-electron chi connectivity index (χ3n) is 3.12. The lowest BCUT2D eigenvalue weighted by atomic mass is 9.91. The van der Waals surface area contributed by atoms with Crippen LogP contribution in [0.2, 0.25) is 0 Å².